The number of rotatable bonds is 9. The Morgan fingerprint density at radius 2 is 1.84 bits per heavy atom. The van der Waals surface area contributed by atoms with Crippen molar-refractivity contribution in [2.75, 3.05) is 6.61 Å². The molecule has 0 bridgehead atoms. The second-order valence-electron chi connectivity index (χ2n) is 8.47. The summed E-state index contributed by atoms with van der Waals surface area (Å²) in [7, 11) is 0. The average molecular weight is 501 g/mol. The van der Waals surface area contributed by atoms with E-state index >= 15 is 0 Å². The van der Waals surface area contributed by atoms with Crippen molar-refractivity contribution in [2.24, 2.45) is 0 Å². The van der Waals surface area contributed by atoms with Crippen molar-refractivity contribution in [1.29, 1.82) is 0 Å². The fourth-order valence-corrected chi connectivity index (χ4v) is 4.43. The number of ether oxygens (including phenoxy) is 1. The van der Waals surface area contributed by atoms with Crippen LogP contribution in [0.1, 0.15) is 56.6 Å². The number of nitrogens with one attached hydrogen (secondary N) is 1. The van der Waals surface area contributed by atoms with Gasteiger partial charge in [0.2, 0.25) is 5.91 Å². The highest BCUT2D eigenvalue weighted by molar-refractivity contribution is 9.10. The fraction of sp³-hybridized carbons (Fsp3) is 0.462. The zero-order valence-corrected chi connectivity index (χ0v) is 20.6. The van der Waals surface area contributed by atoms with Gasteiger partial charge >= 0.3 is 0 Å². The highest BCUT2D eigenvalue weighted by Crippen LogP contribution is 2.22. The Morgan fingerprint density at radius 3 is 2.50 bits per heavy atom. The van der Waals surface area contributed by atoms with E-state index in [0.29, 0.717) is 18.7 Å². The van der Waals surface area contributed by atoms with Gasteiger partial charge < -0.3 is 15.0 Å². The molecule has 1 atom stereocenters. The van der Waals surface area contributed by atoms with Crippen molar-refractivity contribution in [3.8, 4) is 5.75 Å². The van der Waals surface area contributed by atoms with Gasteiger partial charge in [0, 0.05) is 17.1 Å². The lowest BCUT2D eigenvalue weighted by Gasteiger charge is -2.32. The van der Waals surface area contributed by atoms with E-state index in [1.807, 2.05) is 62.4 Å². The van der Waals surface area contributed by atoms with Crippen molar-refractivity contribution in [2.45, 2.75) is 71.0 Å². The van der Waals surface area contributed by atoms with Gasteiger partial charge in [0.25, 0.3) is 5.91 Å². The molecule has 1 aliphatic carbocycles. The molecule has 5 nitrogen and oxygen atoms in total. The fourth-order valence-electron chi connectivity index (χ4n) is 4.18. The van der Waals surface area contributed by atoms with Crippen LogP contribution in [0.25, 0.3) is 0 Å². The number of nitrogens with zero attached hydrogens (tertiary/aromatic N) is 1. The number of aryl methyl sites for hydroxylation is 1. The summed E-state index contributed by atoms with van der Waals surface area (Å²) in [6.45, 7) is 4.19. The minimum atomic E-state index is -0.528. The Hall–Kier alpha value is -2.34. The van der Waals surface area contributed by atoms with Crippen LogP contribution in [0, 0.1) is 6.92 Å². The number of halogens is 1. The van der Waals surface area contributed by atoms with Crippen molar-refractivity contribution < 1.29 is 14.3 Å². The van der Waals surface area contributed by atoms with Gasteiger partial charge in [0.1, 0.15) is 11.8 Å². The molecule has 1 saturated carbocycles. The second-order valence-corrected chi connectivity index (χ2v) is 9.33. The number of benzene rings is 2. The quantitative estimate of drug-likeness (QED) is 0.501. The monoisotopic (exact) mass is 500 g/mol. The molecule has 0 saturated heterocycles. The summed E-state index contributed by atoms with van der Waals surface area (Å²) in [4.78, 5) is 28.1. The molecule has 3 rings (SSSR count). The van der Waals surface area contributed by atoms with Gasteiger partial charge in [-0.3, -0.25) is 9.59 Å². The Kier molecular flexibility index (Phi) is 9.15. The molecule has 2 amide bonds. The molecule has 2 aromatic carbocycles. The molecule has 0 radical (unpaired) electrons. The molecule has 32 heavy (non-hydrogen) atoms. The topological polar surface area (TPSA) is 58.6 Å². The number of carbonyl (C=O) groups excluding carboxylic acids is 2. The third-order valence-electron chi connectivity index (χ3n) is 6.02. The first kappa shape index (κ1) is 24.3. The van der Waals surface area contributed by atoms with Crippen LogP contribution in [-0.4, -0.2) is 35.4 Å². The van der Waals surface area contributed by atoms with Crippen LogP contribution >= 0.6 is 15.9 Å². The first-order valence-corrected chi connectivity index (χ1v) is 12.3. The number of hydrogen-bond acceptors (Lipinski definition) is 3. The van der Waals surface area contributed by atoms with Gasteiger partial charge in [0.15, 0.2) is 6.61 Å². The molecule has 0 unspecified atom stereocenters. The molecule has 172 valence electrons. The van der Waals surface area contributed by atoms with Gasteiger partial charge in [-0.1, -0.05) is 72.4 Å². The molecule has 1 aliphatic rings. The van der Waals surface area contributed by atoms with Gasteiger partial charge in [-0.25, -0.2) is 0 Å². The molecule has 0 spiro atoms. The number of carbonyl (C=O) groups is 2. The maximum Gasteiger partial charge on any atom is 0.261 e. The van der Waals surface area contributed by atoms with Crippen LogP contribution in [0.3, 0.4) is 0 Å². The predicted molar refractivity (Wildman–Crippen MR) is 130 cm³/mol. The van der Waals surface area contributed by atoms with Gasteiger partial charge in [0.05, 0.1) is 0 Å². The lowest BCUT2D eigenvalue weighted by atomic mass is 9.95. The molecule has 1 N–H and O–H groups in total. The van der Waals surface area contributed by atoms with Crippen molar-refractivity contribution in [1.82, 2.24) is 10.2 Å². The minimum absolute atomic E-state index is 0.0665. The van der Waals surface area contributed by atoms with E-state index in [9.17, 15) is 9.59 Å². The van der Waals surface area contributed by atoms with Crippen LogP contribution in [0.15, 0.2) is 53.0 Å². The molecule has 0 heterocycles. The summed E-state index contributed by atoms with van der Waals surface area (Å²) in [6.07, 6.45) is 6.11. The molecule has 6 heteroatoms. The maximum absolute atomic E-state index is 13.3. The Labute approximate surface area is 199 Å². The first-order chi connectivity index (χ1) is 15.5. The molecule has 1 fully saturated rings. The Morgan fingerprint density at radius 1 is 1.12 bits per heavy atom. The van der Waals surface area contributed by atoms with E-state index in [4.69, 9.17) is 4.74 Å². The zero-order valence-electron chi connectivity index (χ0n) is 19.0. The van der Waals surface area contributed by atoms with Gasteiger partial charge in [-0.15, -0.1) is 0 Å². The summed E-state index contributed by atoms with van der Waals surface area (Å²) >= 11 is 3.48. The van der Waals surface area contributed by atoms with E-state index < -0.39 is 6.04 Å². The normalized spacial score (nSPS) is 15.1. The Bertz CT molecular complexity index is 897. The zero-order chi connectivity index (χ0) is 22.9. The van der Waals surface area contributed by atoms with Crippen LogP contribution in [0.2, 0.25) is 0 Å². The predicted octanol–water partition coefficient (Wildman–Crippen LogP) is 5.39. The van der Waals surface area contributed by atoms with Crippen LogP contribution in [-0.2, 0) is 16.1 Å². The van der Waals surface area contributed by atoms with Crippen molar-refractivity contribution >= 4 is 27.7 Å². The lowest BCUT2D eigenvalue weighted by Crippen LogP contribution is -2.52. The lowest BCUT2D eigenvalue weighted by molar-refractivity contribution is -0.143. The summed E-state index contributed by atoms with van der Waals surface area (Å²) in [5.41, 5.74) is 2.03. The van der Waals surface area contributed by atoms with Crippen LogP contribution < -0.4 is 10.1 Å². The summed E-state index contributed by atoms with van der Waals surface area (Å²) in [5, 5.41) is 3.20. The molecular weight excluding hydrogens is 468 g/mol. The van der Waals surface area contributed by atoms with E-state index in [1.54, 1.807) is 4.90 Å². The smallest absolute Gasteiger partial charge is 0.261 e. The summed E-state index contributed by atoms with van der Waals surface area (Å²) in [5.74, 6) is 0.377. The summed E-state index contributed by atoms with van der Waals surface area (Å²) in [6, 6.07) is 15.1. The first-order valence-electron chi connectivity index (χ1n) is 11.5. The van der Waals surface area contributed by atoms with Crippen LogP contribution in [0.4, 0.5) is 0 Å². The average Bonchev–Trinajstić information content (AvgIpc) is 2.81. The van der Waals surface area contributed by atoms with E-state index in [0.717, 1.165) is 41.3 Å². The maximum atomic E-state index is 13.3. The highest BCUT2D eigenvalue weighted by atomic mass is 79.9. The van der Waals surface area contributed by atoms with Gasteiger partial charge in [-0.2, -0.15) is 0 Å². The van der Waals surface area contributed by atoms with E-state index in [2.05, 4.69) is 21.2 Å². The van der Waals surface area contributed by atoms with Crippen molar-refractivity contribution in [3.63, 3.8) is 0 Å². The molecule has 0 aromatic heterocycles. The third-order valence-corrected chi connectivity index (χ3v) is 6.91. The van der Waals surface area contributed by atoms with E-state index in [1.165, 1.54) is 6.42 Å². The van der Waals surface area contributed by atoms with Crippen LogP contribution in [0.5, 0.6) is 5.75 Å². The molecule has 2 aromatic rings. The standard InChI is InChI=1S/C26H33BrN2O3/c1-3-24(26(31)28-21-12-8-5-9-13-21)29(17-20-10-6-4-7-11-20)25(30)18-32-22-14-15-23(27)19(2)16-22/h4,6-7,10-11,14-16,21,24H,3,5,8-9,12-13,17-18H2,1-2H3,(H,28,31)/t24-/m1/s1. The number of amides is 2. The van der Waals surface area contributed by atoms with Crippen molar-refractivity contribution in [3.05, 3.63) is 64.1 Å². The molecule has 0 aliphatic heterocycles. The highest BCUT2D eigenvalue weighted by Gasteiger charge is 2.30. The number of hydrogen-bond donors (Lipinski definition) is 1. The Balaban J connectivity index is 1.73. The van der Waals surface area contributed by atoms with Gasteiger partial charge in [-0.05, 0) is 55.5 Å². The minimum Gasteiger partial charge on any atom is -0.484 e. The second kappa shape index (κ2) is 12.0. The molecular formula is C26H33BrN2O3. The largest absolute Gasteiger partial charge is 0.484 e. The van der Waals surface area contributed by atoms with E-state index in [-0.39, 0.29) is 24.5 Å². The SMILES string of the molecule is CC[C@H](C(=O)NC1CCCCC1)N(Cc1ccccc1)C(=O)COc1ccc(Br)c(C)c1. The third kappa shape index (κ3) is 6.83. The summed E-state index contributed by atoms with van der Waals surface area (Å²) < 4.78 is 6.80.